The molecule has 1 heterocycles. The van der Waals surface area contributed by atoms with Gasteiger partial charge in [0.25, 0.3) is 0 Å². The zero-order valence-corrected chi connectivity index (χ0v) is 12.8. The fourth-order valence-corrected chi connectivity index (χ4v) is 2.10. The molecule has 21 heavy (non-hydrogen) atoms. The average molecular weight is 301 g/mol. The molecule has 0 aromatic heterocycles. The molecule has 8 nitrogen and oxygen atoms in total. The van der Waals surface area contributed by atoms with Crippen LogP contribution >= 0.6 is 0 Å². The maximum atomic E-state index is 11.8. The molecule has 0 saturated carbocycles. The molecule has 2 unspecified atom stereocenters. The SMILES string of the molecule is CN(CC(=O)NC(=O)NC(C)(C)C)C1COCC1C(=O)O. The lowest BCUT2D eigenvalue weighted by Crippen LogP contribution is -2.51. The minimum absolute atomic E-state index is 0.0740. The highest BCUT2D eigenvalue weighted by atomic mass is 16.5. The van der Waals surface area contributed by atoms with Gasteiger partial charge in [0.1, 0.15) is 0 Å². The third-order valence-electron chi connectivity index (χ3n) is 3.07. The molecule has 3 N–H and O–H groups in total. The second kappa shape index (κ2) is 6.86. The largest absolute Gasteiger partial charge is 0.481 e. The molecule has 1 saturated heterocycles. The van der Waals surface area contributed by atoms with E-state index < -0.39 is 29.4 Å². The molecule has 1 rings (SSSR count). The normalized spacial score (nSPS) is 22.1. The Kier molecular flexibility index (Phi) is 5.68. The lowest BCUT2D eigenvalue weighted by atomic mass is 10.0. The number of carboxylic acids is 1. The van der Waals surface area contributed by atoms with Crippen LogP contribution < -0.4 is 10.6 Å². The number of hydrogen-bond donors (Lipinski definition) is 3. The molecule has 1 aliphatic rings. The number of nitrogens with zero attached hydrogens (tertiary/aromatic N) is 1. The fourth-order valence-electron chi connectivity index (χ4n) is 2.10. The number of carboxylic acid groups (broad SMARTS) is 1. The third-order valence-corrected chi connectivity index (χ3v) is 3.07. The van der Waals surface area contributed by atoms with Gasteiger partial charge in [0.05, 0.1) is 25.7 Å². The van der Waals surface area contributed by atoms with Crippen molar-refractivity contribution in [3.05, 3.63) is 0 Å². The van der Waals surface area contributed by atoms with Gasteiger partial charge in [-0.25, -0.2) is 4.79 Å². The standard InChI is InChI=1S/C13H23N3O5/c1-13(2,3)15-12(20)14-10(17)5-16(4)9-7-21-6-8(9)11(18)19/h8-9H,5-7H2,1-4H3,(H,18,19)(H2,14,15,17,20). The van der Waals surface area contributed by atoms with E-state index in [4.69, 9.17) is 9.84 Å². The van der Waals surface area contributed by atoms with Gasteiger partial charge in [-0.15, -0.1) is 0 Å². The molecule has 120 valence electrons. The summed E-state index contributed by atoms with van der Waals surface area (Å²) in [6.07, 6.45) is 0. The van der Waals surface area contributed by atoms with Gasteiger partial charge in [-0.3, -0.25) is 19.8 Å². The molecule has 0 spiro atoms. The van der Waals surface area contributed by atoms with E-state index in [1.165, 1.54) is 0 Å². The molecule has 0 aromatic carbocycles. The van der Waals surface area contributed by atoms with Gasteiger partial charge in [0.2, 0.25) is 5.91 Å². The minimum atomic E-state index is -0.949. The summed E-state index contributed by atoms with van der Waals surface area (Å²) in [6, 6.07) is -0.947. The van der Waals surface area contributed by atoms with Gasteiger partial charge in [-0.1, -0.05) is 0 Å². The third kappa shape index (κ3) is 5.68. The van der Waals surface area contributed by atoms with Crippen LogP contribution in [0.1, 0.15) is 20.8 Å². The molecule has 1 aliphatic heterocycles. The molecular weight excluding hydrogens is 278 g/mol. The molecule has 0 bridgehead atoms. The molecule has 0 radical (unpaired) electrons. The van der Waals surface area contributed by atoms with Crippen LogP contribution in [0, 0.1) is 5.92 Å². The first-order valence-electron chi connectivity index (χ1n) is 6.73. The second-order valence-corrected chi connectivity index (χ2v) is 6.22. The summed E-state index contributed by atoms with van der Waals surface area (Å²) < 4.78 is 5.15. The highest BCUT2D eigenvalue weighted by molar-refractivity contribution is 5.95. The van der Waals surface area contributed by atoms with Crippen molar-refractivity contribution in [2.24, 2.45) is 5.92 Å². The van der Waals surface area contributed by atoms with Crippen LogP contribution in [0.25, 0.3) is 0 Å². The van der Waals surface area contributed by atoms with E-state index in [1.54, 1.807) is 32.7 Å². The van der Waals surface area contributed by atoms with E-state index in [-0.39, 0.29) is 25.8 Å². The smallest absolute Gasteiger partial charge is 0.321 e. The number of carbonyl (C=O) groups is 3. The van der Waals surface area contributed by atoms with Crippen molar-refractivity contribution < 1.29 is 24.2 Å². The van der Waals surface area contributed by atoms with E-state index in [0.717, 1.165) is 0 Å². The van der Waals surface area contributed by atoms with Gasteiger partial charge >= 0.3 is 12.0 Å². The number of likely N-dealkylation sites (N-methyl/N-ethyl adjacent to an activating group) is 1. The van der Waals surface area contributed by atoms with Crippen molar-refractivity contribution in [3.8, 4) is 0 Å². The number of hydrogen-bond acceptors (Lipinski definition) is 5. The summed E-state index contributed by atoms with van der Waals surface area (Å²) in [6.45, 7) is 5.73. The minimum Gasteiger partial charge on any atom is -0.481 e. The van der Waals surface area contributed by atoms with Gasteiger partial charge in [0.15, 0.2) is 0 Å². The molecule has 3 amide bonds. The van der Waals surface area contributed by atoms with Gasteiger partial charge in [-0.05, 0) is 27.8 Å². The van der Waals surface area contributed by atoms with Crippen LogP contribution in [0.4, 0.5) is 4.79 Å². The monoisotopic (exact) mass is 301 g/mol. The summed E-state index contributed by atoms with van der Waals surface area (Å²) in [4.78, 5) is 36.0. The molecule has 0 aliphatic carbocycles. The van der Waals surface area contributed by atoms with Crippen LogP contribution in [-0.4, -0.2) is 66.3 Å². The van der Waals surface area contributed by atoms with Crippen LogP contribution in [0.15, 0.2) is 0 Å². The van der Waals surface area contributed by atoms with Crippen LogP contribution in [0.3, 0.4) is 0 Å². The Bertz CT molecular complexity index is 419. The average Bonchev–Trinajstić information content (AvgIpc) is 2.73. The zero-order valence-electron chi connectivity index (χ0n) is 12.8. The van der Waals surface area contributed by atoms with Crippen molar-refractivity contribution in [1.82, 2.24) is 15.5 Å². The number of ether oxygens (including phenoxy) is 1. The lowest BCUT2D eigenvalue weighted by molar-refractivity contribution is -0.143. The molecule has 1 fully saturated rings. The highest BCUT2D eigenvalue weighted by Crippen LogP contribution is 2.18. The Balaban J connectivity index is 2.47. The Morgan fingerprint density at radius 2 is 1.90 bits per heavy atom. The maximum Gasteiger partial charge on any atom is 0.321 e. The van der Waals surface area contributed by atoms with E-state index >= 15 is 0 Å². The second-order valence-electron chi connectivity index (χ2n) is 6.22. The Morgan fingerprint density at radius 3 is 2.43 bits per heavy atom. The number of nitrogens with one attached hydrogen (secondary N) is 2. The fraction of sp³-hybridized carbons (Fsp3) is 0.769. The molecular formula is C13H23N3O5. The van der Waals surface area contributed by atoms with Crippen molar-refractivity contribution >= 4 is 17.9 Å². The molecule has 2 atom stereocenters. The van der Waals surface area contributed by atoms with E-state index in [1.807, 2.05) is 0 Å². The van der Waals surface area contributed by atoms with E-state index in [0.29, 0.717) is 0 Å². The highest BCUT2D eigenvalue weighted by Gasteiger charge is 2.37. The number of rotatable bonds is 4. The van der Waals surface area contributed by atoms with Crippen molar-refractivity contribution in [3.63, 3.8) is 0 Å². The number of urea groups is 1. The number of carbonyl (C=O) groups excluding carboxylic acids is 2. The van der Waals surface area contributed by atoms with Crippen molar-refractivity contribution in [1.29, 1.82) is 0 Å². The summed E-state index contributed by atoms with van der Waals surface area (Å²) in [5.74, 6) is -2.10. The maximum absolute atomic E-state index is 11.8. The van der Waals surface area contributed by atoms with Gasteiger partial charge < -0.3 is 15.2 Å². The quantitative estimate of drug-likeness (QED) is 0.654. The van der Waals surface area contributed by atoms with Crippen LogP contribution in [-0.2, 0) is 14.3 Å². The first-order valence-corrected chi connectivity index (χ1v) is 6.73. The Morgan fingerprint density at radius 1 is 1.29 bits per heavy atom. The predicted molar refractivity (Wildman–Crippen MR) is 74.8 cm³/mol. The van der Waals surface area contributed by atoms with Gasteiger partial charge in [0, 0.05) is 11.6 Å². The number of aliphatic carboxylic acids is 1. The van der Waals surface area contributed by atoms with E-state index in [9.17, 15) is 14.4 Å². The van der Waals surface area contributed by atoms with Crippen molar-refractivity contribution in [2.75, 3.05) is 26.8 Å². The number of amides is 3. The Hall–Kier alpha value is -1.67. The van der Waals surface area contributed by atoms with Crippen molar-refractivity contribution in [2.45, 2.75) is 32.4 Å². The molecule has 8 heteroatoms. The van der Waals surface area contributed by atoms with Crippen LogP contribution in [0.2, 0.25) is 0 Å². The first kappa shape index (κ1) is 17.4. The van der Waals surface area contributed by atoms with Gasteiger partial charge in [-0.2, -0.15) is 0 Å². The lowest BCUT2D eigenvalue weighted by Gasteiger charge is -2.26. The first-order chi connectivity index (χ1) is 9.60. The zero-order chi connectivity index (χ0) is 16.2. The summed E-state index contributed by atoms with van der Waals surface area (Å²) in [7, 11) is 1.64. The summed E-state index contributed by atoms with van der Waals surface area (Å²) in [5, 5.41) is 13.9. The van der Waals surface area contributed by atoms with Crippen LogP contribution in [0.5, 0.6) is 0 Å². The topological polar surface area (TPSA) is 108 Å². The van der Waals surface area contributed by atoms with E-state index in [2.05, 4.69) is 10.6 Å². The summed E-state index contributed by atoms with van der Waals surface area (Å²) in [5.41, 5.74) is -0.441. The summed E-state index contributed by atoms with van der Waals surface area (Å²) >= 11 is 0. The predicted octanol–water partition coefficient (Wildman–Crippen LogP) is -0.358. The Labute approximate surface area is 123 Å². The molecule has 0 aromatic rings. The number of imide groups is 1.